The molecule has 0 aromatic heterocycles. The molecular weight excluding hydrogens is 306 g/mol. The summed E-state index contributed by atoms with van der Waals surface area (Å²) in [4.78, 5) is 14.0. The van der Waals surface area contributed by atoms with E-state index in [2.05, 4.69) is 29.7 Å². The van der Waals surface area contributed by atoms with Crippen LogP contribution in [-0.4, -0.2) is 35.1 Å². The van der Waals surface area contributed by atoms with Crippen LogP contribution in [0.3, 0.4) is 0 Å². The Hall–Kier alpha value is -2.14. The predicted octanol–water partition coefficient (Wildman–Crippen LogP) is 3.38. The molecule has 0 aliphatic carbocycles. The lowest BCUT2D eigenvalue weighted by Crippen LogP contribution is -2.40. The van der Waals surface area contributed by atoms with E-state index in [1.54, 1.807) is 11.8 Å². The topological polar surface area (TPSA) is 44.4 Å². The summed E-state index contributed by atoms with van der Waals surface area (Å²) < 4.78 is 0. The molecule has 1 heterocycles. The van der Waals surface area contributed by atoms with Crippen molar-refractivity contribution in [2.75, 3.05) is 29.5 Å². The Balaban J connectivity index is 1.58. The van der Waals surface area contributed by atoms with Gasteiger partial charge in [-0.05, 0) is 30.7 Å². The van der Waals surface area contributed by atoms with Crippen LogP contribution in [-0.2, 0) is 4.79 Å². The fourth-order valence-corrected chi connectivity index (χ4v) is 3.64. The lowest BCUT2D eigenvalue weighted by Gasteiger charge is -2.26. The standard InChI is InChI=1S/C18H21N3OS/c1-14-7-5-6-10-16(14)20-18-21(17(22)13-23-18)12-11-19-15-8-3-2-4-9-15/h2-10,18-20H,11-13H2,1H3. The Morgan fingerprint density at radius 1 is 1.13 bits per heavy atom. The Morgan fingerprint density at radius 3 is 2.65 bits per heavy atom. The SMILES string of the molecule is Cc1ccccc1NC1SCC(=O)N1CCNc1ccccc1. The van der Waals surface area contributed by atoms with Crippen LogP contribution in [0.2, 0.25) is 0 Å². The normalized spacial score (nSPS) is 17.3. The quantitative estimate of drug-likeness (QED) is 0.854. The Bertz CT molecular complexity index is 662. The summed E-state index contributed by atoms with van der Waals surface area (Å²) in [6, 6.07) is 18.2. The highest BCUT2D eigenvalue weighted by Gasteiger charge is 2.31. The first-order valence-electron chi connectivity index (χ1n) is 7.76. The van der Waals surface area contributed by atoms with Crippen LogP contribution in [0.15, 0.2) is 54.6 Å². The second-order valence-electron chi connectivity index (χ2n) is 5.50. The molecule has 1 amide bonds. The number of benzene rings is 2. The summed E-state index contributed by atoms with van der Waals surface area (Å²) in [7, 11) is 0. The van der Waals surface area contributed by atoms with E-state index in [1.807, 2.05) is 47.4 Å². The second kappa shape index (κ2) is 7.42. The monoisotopic (exact) mass is 327 g/mol. The molecule has 4 nitrogen and oxygen atoms in total. The molecule has 1 atom stereocenters. The van der Waals surface area contributed by atoms with E-state index >= 15 is 0 Å². The summed E-state index contributed by atoms with van der Waals surface area (Å²) in [6.07, 6.45) is 0. The van der Waals surface area contributed by atoms with E-state index in [1.165, 1.54) is 5.56 Å². The maximum Gasteiger partial charge on any atom is 0.235 e. The van der Waals surface area contributed by atoms with Gasteiger partial charge in [-0.2, -0.15) is 0 Å². The van der Waals surface area contributed by atoms with E-state index < -0.39 is 0 Å². The van der Waals surface area contributed by atoms with E-state index in [9.17, 15) is 4.79 Å². The number of rotatable bonds is 6. The molecule has 5 heteroatoms. The van der Waals surface area contributed by atoms with Gasteiger partial charge in [-0.1, -0.05) is 36.4 Å². The average Bonchev–Trinajstić information content (AvgIpc) is 2.91. The number of nitrogens with one attached hydrogen (secondary N) is 2. The number of hydrogen-bond donors (Lipinski definition) is 2. The van der Waals surface area contributed by atoms with Gasteiger partial charge in [0.1, 0.15) is 0 Å². The van der Waals surface area contributed by atoms with Gasteiger partial charge in [0.25, 0.3) is 0 Å². The Kier molecular flexibility index (Phi) is 5.08. The van der Waals surface area contributed by atoms with E-state index in [0.29, 0.717) is 12.3 Å². The van der Waals surface area contributed by atoms with E-state index in [0.717, 1.165) is 17.9 Å². The van der Waals surface area contributed by atoms with Crippen molar-refractivity contribution >= 4 is 29.0 Å². The number of carbonyl (C=O) groups excluding carboxylic acids is 1. The van der Waals surface area contributed by atoms with Crippen LogP contribution in [0.4, 0.5) is 11.4 Å². The Labute approximate surface area is 141 Å². The molecule has 23 heavy (non-hydrogen) atoms. The van der Waals surface area contributed by atoms with Gasteiger partial charge in [0, 0.05) is 24.5 Å². The zero-order chi connectivity index (χ0) is 16.1. The van der Waals surface area contributed by atoms with Crippen LogP contribution >= 0.6 is 11.8 Å². The number of nitrogens with zero attached hydrogens (tertiary/aromatic N) is 1. The van der Waals surface area contributed by atoms with Crippen LogP contribution in [0.1, 0.15) is 5.56 Å². The molecule has 1 aliphatic heterocycles. The first-order valence-corrected chi connectivity index (χ1v) is 8.81. The van der Waals surface area contributed by atoms with Crippen molar-refractivity contribution in [2.45, 2.75) is 12.4 Å². The minimum atomic E-state index is 0.00109. The zero-order valence-corrected chi connectivity index (χ0v) is 14.0. The van der Waals surface area contributed by atoms with Gasteiger partial charge in [0.05, 0.1) is 5.75 Å². The van der Waals surface area contributed by atoms with Crippen molar-refractivity contribution in [1.29, 1.82) is 0 Å². The summed E-state index contributed by atoms with van der Waals surface area (Å²) in [5, 5.41) is 6.84. The predicted molar refractivity (Wildman–Crippen MR) is 97.7 cm³/mol. The first kappa shape index (κ1) is 15.7. The number of thioether (sulfide) groups is 1. The number of hydrogen-bond acceptors (Lipinski definition) is 4. The molecule has 1 aliphatic rings. The number of aryl methyl sites for hydroxylation is 1. The largest absolute Gasteiger partial charge is 0.383 e. The molecule has 1 fully saturated rings. The third kappa shape index (κ3) is 3.99. The molecule has 0 saturated carbocycles. The number of para-hydroxylation sites is 2. The van der Waals surface area contributed by atoms with E-state index in [-0.39, 0.29) is 11.4 Å². The molecule has 2 aromatic carbocycles. The van der Waals surface area contributed by atoms with Gasteiger partial charge in [-0.25, -0.2) is 0 Å². The maximum absolute atomic E-state index is 12.1. The zero-order valence-electron chi connectivity index (χ0n) is 13.2. The number of amides is 1. The minimum Gasteiger partial charge on any atom is -0.383 e. The van der Waals surface area contributed by atoms with Crippen molar-refractivity contribution in [2.24, 2.45) is 0 Å². The minimum absolute atomic E-state index is 0.00109. The van der Waals surface area contributed by atoms with Crippen LogP contribution < -0.4 is 10.6 Å². The van der Waals surface area contributed by atoms with Crippen molar-refractivity contribution in [1.82, 2.24) is 4.90 Å². The lowest BCUT2D eigenvalue weighted by molar-refractivity contribution is -0.127. The second-order valence-corrected chi connectivity index (χ2v) is 6.57. The van der Waals surface area contributed by atoms with Gasteiger partial charge in [-0.15, -0.1) is 11.8 Å². The lowest BCUT2D eigenvalue weighted by atomic mass is 10.2. The molecular formula is C18H21N3OS. The summed E-state index contributed by atoms with van der Waals surface area (Å²) in [5.41, 5.74) is 3.35. The van der Waals surface area contributed by atoms with Gasteiger partial charge in [-0.3, -0.25) is 4.79 Å². The fourth-order valence-electron chi connectivity index (χ4n) is 2.56. The van der Waals surface area contributed by atoms with Crippen LogP contribution in [0, 0.1) is 6.92 Å². The number of carbonyl (C=O) groups is 1. The maximum atomic E-state index is 12.1. The van der Waals surface area contributed by atoms with Crippen molar-refractivity contribution in [3.63, 3.8) is 0 Å². The molecule has 0 spiro atoms. The third-order valence-electron chi connectivity index (χ3n) is 3.85. The number of anilines is 2. The fraction of sp³-hybridized carbons (Fsp3) is 0.278. The smallest absolute Gasteiger partial charge is 0.235 e. The first-order chi connectivity index (χ1) is 11.2. The molecule has 2 N–H and O–H groups in total. The molecule has 1 saturated heterocycles. The van der Waals surface area contributed by atoms with Crippen molar-refractivity contribution in [3.8, 4) is 0 Å². The van der Waals surface area contributed by atoms with Gasteiger partial charge < -0.3 is 15.5 Å². The summed E-state index contributed by atoms with van der Waals surface area (Å²) in [5.74, 6) is 0.727. The van der Waals surface area contributed by atoms with Crippen molar-refractivity contribution in [3.05, 3.63) is 60.2 Å². The van der Waals surface area contributed by atoms with E-state index in [4.69, 9.17) is 0 Å². The molecule has 2 aromatic rings. The molecule has 120 valence electrons. The Morgan fingerprint density at radius 2 is 1.87 bits per heavy atom. The summed E-state index contributed by atoms with van der Waals surface area (Å²) >= 11 is 1.65. The molecule has 0 bridgehead atoms. The van der Waals surface area contributed by atoms with Crippen LogP contribution in [0.5, 0.6) is 0 Å². The highest BCUT2D eigenvalue weighted by atomic mass is 32.2. The highest BCUT2D eigenvalue weighted by molar-refractivity contribution is 8.01. The van der Waals surface area contributed by atoms with Gasteiger partial charge >= 0.3 is 0 Å². The summed E-state index contributed by atoms with van der Waals surface area (Å²) in [6.45, 7) is 3.50. The van der Waals surface area contributed by atoms with Gasteiger partial charge in [0.15, 0.2) is 5.50 Å². The highest BCUT2D eigenvalue weighted by Crippen LogP contribution is 2.27. The third-order valence-corrected chi connectivity index (χ3v) is 4.95. The average molecular weight is 327 g/mol. The van der Waals surface area contributed by atoms with Crippen molar-refractivity contribution < 1.29 is 4.79 Å². The molecule has 1 unspecified atom stereocenters. The van der Waals surface area contributed by atoms with Crippen LogP contribution in [0.25, 0.3) is 0 Å². The van der Waals surface area contributed by atoms with Gasteiger partial charge in [0.2, 0.25) is 5.91 Å². The molecule has 3 rings (SSSR count). The molecule has 0 radical (unpaired) electrons.